The van der Waals surface area contributed by atoms with Crippen LogP contribution in [0.15, 0.2) is 53.7 Å². The normalized spacial score (nSPS) is 17.0. The summed E-state index contributed by atoms with van der Waals surface area (Å²) in [6, 6.07) is 7.69. The van der Waals surface area contributed by atoms with E-state index >= 15 is 0 Å². The fourth-order valence-corrected chi connectivity index (χ4v) is 4.36. The van der Waals surface area contributed by atoms with E-state index in [4.69, 9.17) is 19.9 Å². The molecule has 0 spiro atoms. The predicted molar refractivity (Wildman–Crippen MR) is 144 cm³/mol. The van der Waals surface area contributed by atoms with E-state index in [0.29, 0.717) is 47.3 Å². The Morgan fingerprint density at radius 1 is 1.15 bits per heavy atom. The van der Waals surface area contributed by atoms with Crippen LogP contribution >= 0.6 is 0 Å². The van der Waals surface area contributed by atoms with E-state index in [1.807, 2.05) is 6.92 Å². The fraction of sp³-hybridized carbons (Fsp3) is 0.308. The second-order valence-electron chi connectivity index (χ2n) is 9.22. The Hall–Kier alpha value is -4.98. The van der Waals surface area contributed by atoms with Crippen LogP contribution in [0, 0.1) is 0 Å². The summed E-state index contributed by atoms with van der Waals surface area (Å²) in [6.07, 6.45) is 3.61. The molecule has 2 atom stereocenters. The molecule has 0 bridgehead atoms. The molecule has 0 unspecified atom stereocenters. The van der Waals surface area contributed by atoms with Crippen molar-refractivity contribution in [2.24, 2.45) is 0 Å². The molecular formula is C26H28N8O6. The lowest BCUT2D eigenvalue weighted by Crippen LogP contribution is -2.51. The van der Waals surface area contributed by atoms with Gasteiger partial charge in [-0.05, 0) is 13.0 Å². The van der Waals surface area contributed by atoms with Gasteiger partial charge in [-0.1, -0.05) is 0 Å². The summed E-state index contributed by atoms with van der Waals surface area (Å²) in [7, 11) is 3.03. The van der Waals surface area contributed by atoms with Crippen molar-refractivity contribution in [1.29, 1.82) is 0 Å². The number of hydrogen-bond donors (Lipinski definition) is 2. The van der Waals surface area contributed by atoms with Crippen LogP contribution in [0.1, 0.15) is 6.92 Å². The lowest BCUT2D eigenvalue weighted by atomic mass is 10.2. The number of nitrogens with two attached hydrogens (primary N) is 1. The maximum absolute atomic E-state index is 12.7. The number of ether oxygens (including phenoxy) is 3. The second-order valence-corrected chi connectivity index (χ2v) is 9.22. The Balaban J connectivity index is 1.42. The topological polar surface area (TPSA) is 173 Å². The van der Waals surface area contributed by atoms with Crippen LogP contribution in [0.2, 0.25) is 0 Å². The number of carbonyl (C=O) groups is 1. The first-order valence-corrected chi connectivity index (χ1v) is 12.4. The minimum absolute atomic E-state index is 0.135. The quantitative estimate of drug-likeness (QED) is 0.345. The van der Waals surface area contributed by atoms with Gasteiger partial charge in [-0.15, -0.1) is 0 Å². The van der Waals surface area contributed by atoms with Crippen molar-refractivity contribution in [3.63, 3.8) is 0 Å². The summed E-state index contributed by atoms with van der Waals surface area (Å²) in [5, 5.41) is 18.3. The maximum Gasteiger partial charge on any atom is 0.407 e. The summed E-state index contributed by atoms with van der Waals surface area (Å²) < 4.78 is 19.3. The highest BCUT2D eigenvalue weighted by molar-refractivity contribution is 5.70. The molecule has 1 amide bonds. The number of aromatic nitrogens is 6. The third kappa shape index (κ3) is 5.42. The minimum atomic E-state index is -0.975. The molecule has 1 fully saturated rings. The lowest BCUT2D eigenvalue weighted by Gasteiger charge is -2.36. The zero-order valence-electron chi connectivity index (χ0n) is 22.1. The second kappa shape index (κ2) is 11.0. The van der Waals surface area contributed by atoms with E-state index in [9.17, 15) is 14.7 Å². The van der Waals surface area contributed by atoms with Gasteiger partial charge in [0, 0.05) is 36.0 Å². The summed E-state index contributed by atoms with van der Waals surface area (Å²) in [6.45, 7) is 2.73. The summed E-state index contributed by atoms with van der Waals surface area (Å²) in [5.74, 6) is 1.13. The maximum atomic E-state index is 12.7. The average Bonchev–Trinajstić information content (AvgIpc) is 3.42. The molecular weight excluding hydrogens is 520 g/mol. The number of morpholine rings is 1. The van der Waals surface area contributed by atoms with Crippen LogP contribution in [-0.4, -0.2) is 85.1 Å². The molecule has 40 heavy (non-hydrogen) atoms. The Bertz CT molecular complexity index is 1580. The minimum Gasteiger partial charge on any atom is -0.497 e. The Labute approximate surface area is 228 Å². The highest BCUT2D eigenvalue weighted by Gasteiger charge is 2.29. The van der Waals surface area contributed by atoms with E-state index in [2.05, 4.69) is 20.2 Å². The van der Waals surface area contributed by atoms with Gasteiger partial charge in [0.25, 0.3) is 5.56 Å². The van der Waals surface area contributed by atoms with Crippen molar-refractivity contribution < 1.29 is 24.1 Å². The Morgan fingerprint density at radius 2 is 1.90 bits per heavy atom. The largest absolute Gasteiger partial charge is 0.497 e. The van der Waals surface area contributed by atoms with Gasteiger partial charge in [-0.2, -0.15) is 14.9 Å². The number of nitrogen functional groups attached to an aromatic ring is 1. The van der Waals surface area contributed by atoms with E-state index < -0.39 is 6.09 Å². The molecule has 0 radical (unpaired) electrons. The highest BCUT2D eigenvalue weighted by atomic mass is 16.5. The standard InChI is InChI=1S/C26H28N8O6/c1-15-14-40-20(13-33(15)26(36)37)12-32-11-16(9-29-32)22-10-28-25(27)24(30-22)21-4-5-23(35)34(31-21)17-6-18(38-2)8-19(7-17)39-3/h4-11,15,20H,12-14H2,1-3H3,(H2,27,28)(H,36,37)/t15-,20-/m1/s1. The molecule has 14 heteroatoms. The lowest BCUT2D eigenvalue weighted by molar-refractivity contribution is -0.0564. The average molecular weight is 549 g/mol. The van der Waals surface area contributed by atoms with Gasteiger partial charge in [-0.25, -0.2) is 14.8 Å². The van der Waals surface area contributed by atoms with E-state index in [1.54, 1.807) is 35.3 Å². The van der Waals surface area contributed by atoms with Gasteiger partial charge in [0.05, 0.1) is 69.8 Å². The number of methoxy groups -OCH3 is 2. The Morgan fingerprint density at radius 3 is 2.60 bits per heavy atom. The third-order valence-corrected chi connectivity index (χ3v) is 6.50. The molecule has 3 aromatic heterocycles. The molecule has 0 aliphatic carbocycles. The smallest absolute Gasteiger partial charge is 0.407 e. The summed E-state index contributed by atoms with van der Waals surface area (Å²) in [4.78, 5) is 34.5. The number of anilines is 1. The summed E-state index contributed by atoms with van der Waals surface area (Å²) in [5.41, 5.74) is 8.01. The molecule has 3 N–H and O–H groups in total. The van der Waals surface area contributed by atoms with E-state index in [0.717, 1.165) is 0 Å². The van der Waals surface area contributed by atoms with Gasteiger partial charge in [0.2, 0.25) is 0 Å². The van der Waals surface area contributed by atoms with Gasteiger partial charge in [-0.3, -0.25) is 9.48 Å². The predicted octanol–water partition coefficient (Wildman–Crippen LogP) is 1.92. The van der Waals surface area contributed by atoms with E-state index in [1.165, 1.54) is 42.1 Å². The van der Waals surface area contributed by atoms with Crippen LogP contribution in [0.25, 0.3) is 28.3 Å². The molecule has 208 valence electrons. The molecule has 1 aliphatic rings. The molecule has 4 heterocycles. The van der Waals surface area contributed by atoms with Crippen molar-refractivity contribution in [2.45, 2.75) is 25.6 Å². The van der Waals surface area contributed by atoms with Crippen molar-refractivity contribution in [3.05, 3.63) is 59.3 Å². The molecule has 1 saturated heterocycles. The first kappa shape index (κ1) is 26.6. The van der Waals surface area contributed by atoms with Gasteiger partial charge in [0.15, 0.2) is 5.82 Å². The first-order valence-electron chi connectivity index (χ1n) is 12.4. The number of hydrogen-bond acceptors (Lipinski definition) is 10. The van der Waals surface area contributed by atoms with E-state index in [-0.39, 0.29) is 35.8 Å². The summed E-state index contributed by atoms with van der Waals surface area (Å²) >= 11 is 0. The number of benzene rings is 1. The SMILES string of the molecule is COc1cc(OC)cc(-n2nc(-c3nc(-c4cnn(C[C@@H]5CN(C(=O)O)[C@H](C)CO5)c4)cnc3N)ccc2=O)c1. The zero-order chi connectivity index (χ0) is 28.4. The third-order valence-electron chi connectivity index (χ3n) is 6.50. The van der Waals surface area contributed by atoms with Crippen LogP contribution in [0.5, 0.6) is 11.5 Å². The molecule has 1 aliphatic heterocycles. The number of amides is 1. The van der Waals surface area contributed by atoms with Crippen molar-refractivity contribution in [3.8, 4) is 39.8 Å². The van der Waals surface area contributed by atoms with Crippen LogP contribution < -0.4 is 20.8 Å². The van der Waals surface area contributed by atoms with Crippen LogP contribution in [-0.2, 0) is 11.3 Å². The number of nitrogens with zero attached hydrogens (tertiary/aromatic N) is 7. The van der Waals surface area contributed by atoms with Crippen molar-refractivity contribution in [2.75, 3.05) is 33.1 Å². The van der Waals surface area contributed by atoms with Gasteiger partial charge >= 0.3 is 6.09 Å². The molecule has 1 aromatic carbocycles. The van der Waals surface area contributed by atoms with Gasteiger partial charge < -0.3 is 30.0 Å². The molecule has 4 aromatic rings. The van der Waals surface area contributed by atoms with Crippen molar-refractivity contribution in [1.82, 2.24) is 34.4 Å². The van der Waals surface area contributed by atoms with Gasteiger partial charge in [0.1, 0.15) is 22.9 Å². The van der Waals surface area contributed by atoms with Crippen LogP contribution in [0.4, 0.5) is 10.6 Å². The van der Waals surface area contributed by atoms with Crippen LogP contribution in [0.3, 0.4) is 0 Å². The van der Waals surface area contributed by atoms with Crippen molar-refractivity contribution >= 4 is 11.9 Å². The zero-order valence-corrected chi connectivity index (χ0v) is 22.1. The Kier molecular flexibility index (Phi) is 7.33. The number of carboxylic acid groups (broad SMARTS) is 1. The molecule has 0 saturated carbocycles. The monoisotopic (exact) mass is 548 g/mol. The fourth-order valence-electron chi connectivity index (χ4n) is 4.36. The molecule has 14 nitrogen and oxygen atoms in total. The first-order chi connectivity index (χ1) is 19.2. The molecule has 5 rings (SSSR count). The highest BCUT2D eigenvalue weighted by Crippen LogP contribution is 2.27. The number of rotatable bonds is 7.